The molecule has 7 nitrogen and oxygen atoms in total. The van der Waals surface area contributed by atoms with E-state index >= 15 is 0 Å². The first kappa shape index (κ1) is 21.1. The van der Waals surface area contributed by atoms with Gasteiger partial charge < -0.3 is 16.0 Å². The van der Waals surface area contributed by atoms with Gasteiger partial charge in [-0.1, -0.05) is 40.9 Å². The summed E-state index contributed by atoms with van der Waals surface area (Å²) in [6, 6.07) is 9.80. The smallest absolute Gasteiger partial charge is 0.322 e. The predicted octanol–water partition coefficient (Wildman–Crippen LogP) is 4.45. The maximum atomic E-state index is 13.8. The summed E-state index contributed by atoms with van der Waals surface area (Å²) >= 11 is 11.8. The van der Waals surface area contributed by atoms with Gasteiger partial charge in [-0.15, -0.1) is 0 Å². The summed E-state index contributed by atoms with van der Waals surface area (Å²) in [5.41, 5.74) is 8.63. The van der Waals surface area contributed by atoms with Crippen molar-refractivity contribution in [3.63, 3.8) is 0 Å². The van der Waals surface area contributed by atoms with Gasteiger partial charge in [0.15, 0.2) is 5.82 Å². The van der Waals surface area contributed by atoms with Gasteiger partial charge in [0.05, 0.1) is 34.4 Å². The minimum atomic E-state index is -0.754. The highest BCUT2D eigenvalue weighted by atomic mass is 35.5. The Kier molecular flexibility index (Phi) is 5.60. The van der Waals surface area contributed by atoms with Gasteiger partial charge in [-0.05, 0) is 31.2 Å². The molecular weight excluding hydrogens is 444 g/mol. The molecule has 4 rings (SSSR count). The third-order valence-electron chi connectivity index (χ3n) is 5.07. The summed E-state index contributed by atoms with van der Waals surface area (Å²) in [5, 5.41) is 6.92. The Balaban J connectivity index is 1.65. The number of primary amides is 1. The molecule has 0 atom stereocenters. The fourth-order valence-corrected chi connectivity index (χ4v) is 3.97. The number of hydrogen-bond donors (Lipinski definition) is 2. The van der Waals surface area contributed by atoms with Crippen LogP contribution in [0.4, 0.5) is 14.9 Å². The highest BCUT2D eigenvalue weighted by molar-refractivity contribution is 6.35. The molecule has 0 unspecified atom stereocenters. The fraction of sp³-hybridized carbons (Fsp3) is 0.190. The number of carbonyl (C=O) groups is 2. The van der Waals surface area contributed by atoms with E-state index in [9.17, 15) is 14.0 Å². The van der Waals surface area contributed by atoms with Crippen LogP contribution in [0.5, 0.6) is 0 Å². The largest absolute Gasteiger partial charge is 0.365 e. The van der Waals surface area contributed by atoms with Crippen LogP contribution in [-0.4, -0.2) is 33.2 Å². The third-order valence-corrected chi connectivity index (χ3v) is 5.62. The predicted molar refractivity (Wildman–Crippen MR) is 117 cm³/mol. The lowest BCUT2D eigenvalue weighted by Crippen LogP contribution is -2.41. The average Bonchev–Trinajstić information content (AvgIpc) is 3.12. The molecule has 1 aliphatic heterocycles. The molecule has 1 aliphatic rings. The van der Waals surface area contributed by atoms with Crippen LogP contribution >= 0.6 is 23.2 Å². The maximum absolute atomic E-state index is 13.8. The number of fused-ring (bicyclic) bond motifs is 1. The number of hydrogen-bond acceptors (Lipinski definition) is 3. The highest BCUT2D eigenvalue weighted by Crippen LogP contribution is 2.34. The Morgan fingerprint density at radius 1 is 1.13 bits per heavy atom. The standard InChI is InChI=1S/C21H18Cl2FN5O2/c1-11-2-4-13(5-3-11)26-21(31)28-6-7-29-16(10-28)17(20(25)30)19(27-29)12-8-14(22)18(24)15(23)9-12/h2-5,8-9H,6-7,10H2,1H3,(H2,25,30)(H,26,31). The van der Waals surface area contributed by atoms with Crippen molar-refractivity contribution in [2.24, 2.45) is 5.73 Å². The fourth-order valence-electron chi connectivity index (χ4n) is 3.48. The molecule has 0 bridgehead atoms. The number of nitrogens with one attached hydrogen (secondary N) is 1. The van der Waals surface area contributed by atoms with E-state index in [-0.39, 0.29) is 33.9 Å². The van der Waals surface area contributed by atoms with Gasteiger partial charge in [-0.25, -0.2) is 9.18 Å². The lowest BCUT2D eigenvalue weighted by molar-refractivity contribution is 0.0997. The monoisotopic (exact) mass is 461 g/mol. The molecule has 3 N–H and O–H groups in total. The van der Waals surface area contributed by atoms with Gasteiger partial charge in [0.2, 0.25) is 0 Å². The summed E-state index contributed by atoms with van der Waals surface area (Å²) < 4.78 is 15.4. The van der Waals surface area contributed by atoms with Crippen LogP contribution in [0.3, 0.4) is 0 Å². The zero-order valence-electron chi connectivity index (χ0n) is 16.5. The molecule has 0 saturated heterocycles. The van der Waals surface area contributed by atoms with Crippen LogP contribution in [0.1, 0.15) is 21.6 Å². The van der Waals surface area contributed by atoms with Crippen LogP contribution in [0, 0.1) is 12.7 Å². The summed E-state index contributed by atoms with van der Waals surface area (Å²) in [6.07, 6.45) is 0. The number of benzene rings is 2. The van der Waals surface area contributed by atoms with Crippen molar-refractivity contribution < 1.29 is 14.0 Å². The van der Waals surface area contributed by atoms with Gasteiger partial charge in [-0.3, -0.25) is 9.48 Å². The van der Waals surface area contributed by atoms with Crippen molar-refractivity contribution in [2.45, 2.75) is 20.0 Å². The van der Waals surface area contributed by atoms with Crippen molar-refractivity contribution in [3.05, 3.63) is 69.1 Å². The lowest BCUT2D eigenvalue weighted by Gasteiger charge is -2.28. The van der Waals surface area contributed by atoms with E-state index in [1.807, 2.05) is 31.2 Å². The molecule has 31 heavy (non-hydrogen) atoms. The Labute approximate surface area is 187 Å². The molecule has 1 aromatic heterocycles. The van der Waals surface area contributed by atoms with Gasteiger partial charge in [0.1, 0.15) is 5.69 Å². The van der Waals surface area contributed by atoms with Gasteiger partial charge in [0.25, 0.3) is 5.91 Å². The number of amides is 3. The molecule has 2 heterocycles. The third kappa shape index (κ3) is 4.08. The molecule has 0 spiro atoms. The van der Waals surface area contributed by atoms with Crippen molar-refractivity contribution in [2.75, 3.05) is 11.9 Å². The average molecular weight is 462 g/mol. The molecule has 3 amide bonds. The first-order chi connectivity index (χ1) is 14.7. The molecule has 160 valence electrons. The summed E-state index contributed by atoms with van der Waals surface area (Å²) in [7, 11) is 0. The Morgan fingerprint density at radius 2 is 1.77 bits per heavy atom. The number of nitrogens with zero attached hydrogens (tertiary/aromatic N) is 3. The molecular formula is C21H18Cl2FN5O2. The summed E-state index contributed by atoms with van der Waals surface area (Å²) in [4.78, 5) is 26.6. The van der Waals surface area contributed by atoms with E-state index in [1.165, 1.54) is 12.1 Å². The van der Waals surface area contributed by atoms with E-state index in [0.29, 0.717) is 30.0 Å². The second-order valence-corrected chi connectivity index (χ2v) is 8.04. The second kappa shape index (κ2) is 8.20. The van der Waals surface area contributed by atoms with Crippen molar-refractivity contribution >= 4 is 40.8 Å². The quantitative estimate of drug-likeness (QED) is 0.564. The number of rotatable bonds is 3. The topological polar surface area (TPSA) is 93.2 Å². The van der Waals surface area contributed by atoms with Crippen LogP contribution < -0.4 is 11.1 Å². The van der Waals surface area contributed by atoms with E-state index in [0.717, 1.165) is 5.56 Å². The molecule has 0 radical (unpaired) electrons. The number of halogens is 3. The number of anilines is 1. The molecule has 0 fully saturated rings. The zero-order valence-corrected chi connectivity index (χ0v) is 18.0. The summed E-state index contributed by atoms with van der Waals surface area (Å²) in [5.74, 6) is -1.47. The van der Waals surface area contributed by atoms with Crippen LogP contribution in [0.25, 0.3) is 11.3 Å². The number of urea groups is 1. The Morgan fingerprint density at radius 3 is 2.39 bits per heavy atom. The minimum absolute atomic E-state index is 0.131. The van der Waals surface area contributed by atoms with Crippen LogP contribution in [0.2, 0.25) is 10.0 Å². The van der Waals surface area contributed by atoms with E-state index in [1.54, 1.807) is 9.58 Å². The van der Waals surface area contributed by atoms with Crippen molar-refractivity contribution in [1.82, 2.24) is 14.7 Å². The van der Waals surface area contributed by atoms with Gasteiger partial charge in [-0.2, -0.15) is 5.10 Å². The molecule has 10 heteroatoms. The maximum Gasteiger partial charge on any atom is 0.322 e. The molecule has 0 saturated carbocycles. The van der Waals surface area contributed by atoms with E-state index < -0.39 is 11.7 Å². The van der Waals surface area contributed by atoms with Gasteiger partial charge in [0, 0.05) is 17.8 Å². The first-order valence-electron chi connectivity index (χ1n) is 9.41. The van der Waals surface area contributed by atoms with Gasteiger partial charge >= 0.3 is 6.03 Å². The lowest BCUT2D eigenvalue weighted by atomic mass is 10.0. The van der Waals surface area contributed by atoms with Crippen LogP contribution in [-0.2, 0) is 13.1 Å². The van der Waals surface area contributed by atoms with E-state index in [2.05, 4.69) is 10.4 Å². The first-order valence-corrected chi connectivity index (χ1v) is 10.2. The van der Waals surface area contributed by atoms with Crippen molar-refractivity contribution in [1.29, 1.82) is 0 Å². The SMILES string of the molecule is Cc1ccc(NC(=O)N2CCn3nc(-c4cc(Cl)c(F)c(Cl)c4)c(C(N)=O)c3C2)cc1. The Bertz CT molecular complexity index is 1170. The Hall–Kier alpha value is -3.10. The number of carbonyl (C=O) groups excluding carboxylic acids is 2. The second-order valence-electron chi connectivity index (χ2n) is 7.23. The normalized spacial score (nSPS) is 13.1. The molecule has 2 aromatic carbocycles. The van der Waals surface area contributed by atoms with E-state index in [4.69, 9.17) is 28.9 Å². The molecule has 0 aliphatic carbocycles. The minimum Gasteiger partial charge on any atom is -0.365 e. The zero-order chi connectivity index (χ0) is 22.3. The number of aryl methyl sites for hydroxylation is 1. The van der Waals surface area contributed by atoms with Crippen LogP contribution in [0.15, 0.2) is 36.4 Å². The molecule has 3 aromatic rings. The summed E-state index contributed by atoms with van der Waals surface area (Å²) in [6.45, 7) is 2.84. The number of nitrogens with two attached hydrogens (primary N) is 1. The highest BCUT2D eigenvalue weighted by Gasteiger charge is 2.30. The van der Waals surface area contributed by atoms with Crippen molar-refractivity contribution in [3.8, 4) is 11.3 Å². The number of aromatic nitrogens is 2.